The van der Waals surface area contributed by atoms with Gasteiger partial charge in [0.15, 0.2) is 0 Å². The quantitative estimate of drug-likeness (QED) is 0.483. The van der Waals surface area contributed by atoms with Crippen LogP contribution in [0.1, 0.15) is 20.3 Å². The molecule has 0 aliphatic carbocycles. The Bertz CT molecular complexity index is 217. The van der Waals surface area contributed by atoms with E-state index in [0.29, 0.717) is 39.4 Å². The van der Waals surface area contributed by atoms with Crippen LogP contribution in [-0.2, 0) is 14.3 Å². The normalized spacial score (nSPS) is 12.7. The molecule has 6 nitrogen and oxygen atoms in total. The van der Waals surface area contributed by atoms with Crippen LogP contribution in [0, 0.1) is 0 Å². The maximum atomic E-state index is 11.5. The zero-order valence-electron chi connectivity index (χ0n) is 12.5. The van der Waals surface area contributed by atoms with E-state index in [1.165, 1.54) is 0 Å². The predicted octanol–water partition coefficient (Wildman–Crippen LogP) is -0.175. The molecule has 3 N–H and O–H groups in total. The highest BCUT2D eigenvalue weighted by atomic mass is 16.5. The molecule has 0 aromatic heterocycles. The van der Waals surface area contributed by atoms with Crippen LogP contribution in [0.5, 0.6) is 0 Å². The van der Waals surface area contributed by atoms with Gasteiger partial charge in [-0.25, -0.2) is 0 Å². The van der Waals surface area contributed by atoms with Crippen LogP contribution in [0.2, 0.25) is 0 Å². The van der Waals surface area contributed by atoms with Gasteiger partial charge in [-0.05, 0) is 13.8 Å². The number of amides is 1. The second-order valence-corrected chi connectivity index (χ2v) is 4.20. The fourth-order valence-corrected chi connectivity index (χ4v) is 1.81. The van der Waals surface area contributed by atoms with Gasteiger partial charge >= 0.3 is 0 Å². The SMILES string of the molecule is CCOCCN(CCOCC)C(CN)CC(=O)NC. The molecular formula is C13H29N3O3. The van der Waals surface area contributed by atoms with Crippen LogP contribution in [0.15, 0.2) is 0 Å². The Hall–Kier alpha value is -0.690. The molecule has 1 unspecified atom stereocenters. The summed E-state index contributed by atoms with van der Waals surface area (Å²) in [5.74, 6) is 0.00766. The van der Waals surface area contributed by atoms with Crippen molar-refractivity contribution in [3.05, 3.63) is 0 Å². The smallest absolute Gasteiger partial charge is 0.221 e. The minimum atomic E-state index is 0.00766. The number of nitrogens with two attached hydrogens (primary N) is 1. The molecule has 0 aromatic rings. The molecule has 0 radical (unpaired) electrons. The van der Waals surface area contributed by atoms with E-state index in [2.05, 4.69) is 10.2 Å². The van der Waals surface area contributed by atoms with E-state index >= 15 is 0 Å². The van der Waals surface area contributed by atoms with E-state index in [9.17, 15) is 4.79 Å². The highest BCUT2D eigenvalue weighted by Gasteiger charge is 2.19. The fraction of sp³-hybridized carbons (Fsp3) is 0.923. The zero-order valence-corrected chi connectivity index (χ0v) is 12.5. The predicted molar refractivity (Wildman–Crippen MR) is 76.1 cm³/mol. The first-order valence-electron chi connectivity index (χ1n) is 6.99. The number of nitrogens with one attached hydrogen (secondary N) is 1. The Balaban J connectivity index is 4.32. The van der Waals surface area contributed by atoms with Crippen LogP contribution in [0.4, 0.5) is 0 Å². The Morgan fingerprint density at radius 2 is 1.74 bits per heavy atom. The van der Waals surface area contributed by atoms with Gasteiger partial charge in [0.2, 0.25) is 5.91 Å². The van der Waals surface area contributed by atoms with Crippen LogP contribution >= 0.6 is 0 Å². The first-order valence-corrected chi connectivity index (χ1v) is 6.99. The standard InChI is InChI=1S/C13H29N3O3/c1-4-18-8-6-16(7-9-19-5-2)12(11-14)10-13(17)15-3/h12H,4-11,14H2,1-3H3,(H,15,17). The van der Waals surface area contributed by atoms with Crippen LogP contribution in [0.3, 0.4) is 0 Å². The average Bonchev–Trinajstić information content (AvgIpc) is 2.43. The van der Waals surface area contributed by atoms with Crippen molar-refractivity contribution in [3.63, 3.8) is 0 Å². The molecule has 0 heterocycles. The average molecular weight is 275 g/mol. The topological polar surface area (TPSA) is 76.8 Å². The summed E-state index contributed by atoms with van der Waals surface area (Å²) in [5.41, 5.74) is 5.78. The summed E-state index contributed by atoms with van der Waals surface area (Å²) in [6.45, 7) is 8.60. The maximum absolute atomic E-state index is 11.5. The summed E-state index contributed by atoms with van der Waals surface area (Å²) < 4.78 is 10.7. The summed E-state index contributed by atoms with van der Waals surface area (Å²) >= 11 is 0. The van der Waals surface area contributed by atoms with Gasteiger partial charge < -0.3 is 20.5 Å². The van der Waals surface area contributed by atoms with E-state index in [0.717, 1.165) is 13.1 Å². The number of hydrogen-bond donors (Lipinski definition) is 2. The molecule has 19 heavy (non-hydrogen) atoms. The van der Waals surface area contributed by atoms with Crippen molar-refractivity contribution in [2.45, 2.75) is 26.3 Å². The summed E-state index contributed by atoms with van der Waals surface area (Å²) in [6, 6.07) is 0.0286. The number of hydrogen-bond acceptors (Lipinski definition) is 5. The van der Waals surface area contributed by atoms with Gasteiger partial charge in [-0.15, -0.1) is 0 Å². The van der Waals surface area contributed by atoms with Crippen molar-refractivity contribution in [3.8, 4) is 0 Å². The van der Waals surface area contributed by atoms with Gasteiger partial charge in [0.1, 0.15) is 0 Å². The maximum Gasteiger partial charge on any atom is 0.221 e. The van der Waals surface area contributed by atoms with Crippen molar-refractivity contribution in [1.82, 2.24) is 10.2 Å². The third-order valence-electron chi connectivity index (χ3n) is 2.94. The molecule has 0 aromatic carbocycles. The lowest BCUT2D eigenvalue weighted by atomic mass is 10.1. The number of carbonyl (C=O) groups excluding carboxylic acids is 1. The summed E-state index contributed by atoms with van der Waals surface area (Å²) in [4.78, 5) is 13.7. The minimum Gasteiger partial charge on any atom is -0.380 e. The Morgan fingerprint density at radius 3 is 2.11 bits per heavy atom. The van der Waals surface area contributed by atoms with Gasteiger partial charge in [-0.3, -0.25) is 9.69 Å². The first kappa shape index (κ1) is 18.3. The van der Waals surface area contributed by atoms with E-state index in [1.54, 1.807) is 7.05 Å². The summed E-state index contributed by atoms with van der Waals surface area (Å²) in [7, 11) is 1.64. The minimum absolute atomic E-state index is 0.00766. The molecular weight excluding hydrogens is 246 g/mol. The number of carbonyl (C=O) groups is 1. The monoisotopic (exact) mass is 275 g/mol. The largest absolute Gasteiger partial charge is 0.380 e. The lowest BCUT2D eigenvalue weighted by molar-refractivity contribution is -0.122. The molecule has 1 atom stereocenters. The molecule has 6 heteroatoms. The van der Waals surface area contributed by atoms with Crippen LogP contribution < -0.4 is 11.1 Å². The van der Waals surface area contributed by atoms with E-state index < -0.39 is 0 Å². The molecule has 0 rings (SSSR count). The highest BCUT2D eigenvalue weighted by molar-refractivity contribution is 5.76. The Labute approximate surface area is 116 Å². The van der Waals surface area contributed by atoms with Gasteiger partial charge in [0.25, 0.3) is 0 Å². The van der Waals surface area contributed by atoms with Gasteiger partial charge in [0.05, 0.1) is 13.2 Å². The Morgan fingerprint density at radius 1 is 1.21 bits per heavy atom. The van der Waals surface area contributed by atoms with Crippen molar-refractivity contribution < 1.29 is 14.3 Å². The summed E-state index contributed by atoms with van der Waals surface area (Å²) in [5, 5.41) is 2.64. The molecule has 0 fully saturated rings. The molecule has 1 amide bonds. The third-order valence-corrected chi connectivity index (χ3v) is 2.94. The van der Waals surface area contributed by atoms with Gasteiger partial charge in [-0.2, -0.15) is 0 Å². The van der Waals surface area contributed by atoms with Gasteiger partial charge in [-0.1, -0.05) is 0 Å². The second-order valence-electron chi connectivity index (χ2n) is 4.20. The highest BCUT2D eigenvalue weighted by Crippen LogP contribution is 2.04. The second kappa shape index (κ2) is 12.3. The summed E-state index contributed by atoms with van der Waals surface area (Å²) in [6.07, 6.45) is 0.408. The molecule has 0 saturated heterocycles. The van der Waals surface area contributed by atoms with Crippen LogP contribution in [-0.4, -0.2) is 70.0 Å². The number of nitrogens with zero attached hydrogens (tertiary/aromatic N) is 1. The van der Waals surface area contributed by atoms with Crippen molar-refractivity contribution in [2.75, 3.05) is 53.1 Å². The molecule has 114 valence electrons. The molecule has 0 spiro atoms. The number of rotatable bonds is 12. The lowest BCUT2D eigenvalue weighted by Gasteiger charge is -2.30. The van der Waals surface area contributed by atoms with Crippen LogP contribution in [0.25, 0.3) is 0 Å². The molecule has 0 saturated carbocycles. The molecule has 0 aliphatic heterocycles. The molecule has 0 aliphatic rings. The first-order chi connectivity index (χ1) is 9.19. The van der Waals surface area contributed by atoms with Crippen molar-refractivity contribution >= 4 is 5.91 Å². The third kappa shape index (κ3) is 8.93. The fourth-order valence-electron chi connectivity index (χ4n) is 1.81. The van der Waals surface area contributed by atoms with Crippen molar-refractivity contribution in [1.29, 1.82) is 0 Å². The number of ether oxygens (including phenoxy) is 2. The Kier molecular flexibility index (Phi) is 11.9. The van der Waals surface area contributed by atoms with Gasteiger partial charge in [0, 0.05) is 52.4 Å². The van der Waals surface area contributed by atoms with E-state index in [4.69, 9.17) is 15.2 Å². The van der Waals surface area contributed by atoms with E-state index in [-0.39, 0.29) is 11.9 Å². The van der Waals surface area contributed by atoms with E-state index in [1.807, 2.05) is 13.8 Å². The van der Waals surface area contributed by atoms with Crippen molar-refractivity contribution in [2.24, 2.45) is 5.73 Å². The lowest BCUT2D eigenvalue weighted by Crippen LogP contribution is -2.46. The zero-order chi connectivity index (χ0) is 14.5. The molecule has 0 bridgehead atoms.